The molecule has 1 atom stereocenters. The summed E-state index contributed by atoms with van der Waals surface area (Å²) in [7, 11) is 0. The molecule has 1 unspecified atom stereocenters. The maximum absolute atomic E-state index is 12.0. The molecule has 1 aromatic carbocycles. The topological polar surface area (TPSA) is 49.8 Å². The van der Waals surface area contributed by atoms with E-state index in [9.17, 15) is 4.79 Å². The summed E-state index contributed by atoms with van der Waals surface area (Å²) in [6.07, 6.45) is 3.66. The fraction of sp³-hybridized carbons (Fsp3) is 0.500. The van der Waals surface area contributed by atoms with Gasteiger partial charge in [0.25, 0.3) is 0 Å². The molecular formula is C14H19N3O. The number of benzene rings is 1. The predicted molar refractivity (Wildman–Crippen MR) is 72.9 cm³/mol. The van der Waals surface area contributed by atoms with Crippen molar-refractivity contribution in [2.24, 2.45) is 0 Å². The highest BCUT2D eigenvalue weighted by Crippen LogP contribution is 2.16. The van der Waals surface area contributed by atoms with Crippen LogP contribution in [0.15, 0.2) is 23.0 Å². The van der Waals surface area contributed by atoms with Gasteiger partial charge >= 0.3 is 5.69 Å². The molecule has 4 nitrogen and oxygen atoms in total. The molecule has 0 saturated carbocycles. The van der Waals surface area contributed by atoms with Crippen LogP contribution in [0, 0.1) is 6.92 Å². The molecule has 0 spiro atoms. The number of nitrogens with zero attached hydrogens (tertiary/aromatic N) is 1. The second-order valence-corrected chi connectivity index (χ2v) is 5.16. The van der Waals surface area contributed by atoms with Crippen molar-refractivity contribution in [3.63, 3.8) is 0 Å². The lowest BCUT2D eigenvalue weighted by Crippen LogP contribution is -2.39. The minimum atomic E-state index is 0.00618. The zero-order valence-electron chi connectivity index (χ0n) is 10.7. The van der Waals surface area contributed by atoms with Gasteiger partial charge in [0.15, 0.2) is 0 Å². The highest BCUT2D eigenvalue weighted by Gasteiger charge is 2.16. The molecule has 1 saturated heterocycles. The Morgan fingerprint density at radius 1 is 1.39 bits per heavy atom. The summed E-state index contributed by atoms with van der Waals surface area (Å²) in [6.45, 7) is 3.87. The average molecular weight is 245 g/mol. The van der Waals surface area contributed by atoms with Gasteiger partial charge in [-0.15, -0.1) is 0 Å². The van der Waals surface area contributed by atoms with Gasteiger partial charge in [-0.3, -0.25) is 4.57 Å². The van der Waals surface area contributed by atoms with Gasteiger partial charge in [0, 0.05) is 12.6 Å². The fourth-order valence-electron chi connectivity index (χ4n) is 2.81. The number of H-pyrrole nitrogens is 1. The molecule has 0 aliphatic carbocycles. The molecule has 0 amide bonds. The Morgan fingerprint density at radius 2 is 2.28 bits per heavy atom. The number of rotatable bonds is 2. The van der Waals surface area contributed by atoms with Gasteiger partial charge in [0.05, 0.1) is 11.0 Å². The Bertz CT molecular complexity index is 605. The normalized spacial score (nSPS) is 20.4. The number of aromatic nitrogens is 2. The Morgan fingerprint density at radius 3 is 3.06 bits per heavy atom. The molecule has 96 valence electrons. The molecule has 2 N–H and O–H groups in total. The van der Waals surface area contributed by atoms with Crippen LogP contribution in [0.3, 0.4) is 0 Å². The van der Waals surface area contributed by atoms with Crippen LogP contribution in [0.1, 0.15) is 24.8 Å². The summed E-state index contributed by atoms with van der Waals surface area (Å²) in [5.41, 5.74) is 3.12. The number of hydrogen-bond donors (Lipinski definition) is 2. The van der Waals surface area contributed by atoms with Crippen molar-refractivity contribution < 1.29 is 0 Å². The summed E-state index contributed by atoms with van der Waals surface area (Å²) in [4.78, 5) is 15.0. The van der Waals surface area contributed by atoms with Crippen molar-refractivity contribution in [1.29, 1.82) is 0 Å². The molecule has 4 heteroatoms. The van der Waals surface area contributed by atoms with Gasteiger partial charge in [-0.25, -0.2) is 4.79 Å². The van der Waals surface area contributed by atoms with E-state index in [4.69, 9.17) is 0 Å². The Kier molecular flexibility index (Phi) is 2.96. The molecule has 2 aromatic rings. The lowest BCUT2D eigenvalue weighted by Gasteiger charge is -2.23. The predicted octanol–water partition coefficient (Wildman–Crippen LogP) is 1.78. The third-order valence-corrected chi connectivity index (χ3v) is 3.83. The number of aryl methyl sites for hydroxylation is 1. The van der Waals surface area contributed by atoms with Gasteiger partial charge in [0.1, 0.15) is 0 Å². The van der Waals surface area contributed by atoms with E-state index in [1.54, 1.807) is 0 Å². The van der Waals surface area contributed by atoms with E-state index in [2.05, 4.69) is 10.3 Å². The first-order valence-corrected chi connectivity index (χ1v) is 6.67. The first-order valence-electron chi connectivity index (χ1n) is 6.67. The van der Waals surface area contributed by atoms with Crippen LogP contribution in [0.2, 0.25) is 0 Å². The number of aromatic amines is 1. The lowest BCUT2D eigenvalue weighted by molar-refractivity contribution is 0.363. The summed E-state index contributed by atoms with van der Waals surface area (Å²) in [5, 5.41) is 3.49. The standard InChI is InChI=1S/C14H19N3O/c1-10-5-4-7-12-13(10)16-14(18)17(12)9-11-6-2-3-8-15-11/h4-5,7,11,15H,2-3,6,8-9H2,1H3,(H,16,18). The molecular weight excluding hydrogens is 226 g/mol. The summed E-state index contributed by atoms with van der Waals surface area (Å²) in [6, 6.07) is 6.48. The molecule has 0 radical (unpaired) electrons. The van der Waals surface area contributed by atoms with Gasteiger partial charge in [-0.1, -0.05) is 18.6 Å². The van der Waals surface area contributed by atoms with E-state index in [0.29, 0.717) is 6.04 Å². The molecule has 2 heterocycles. The van der Waals surface area contributed by atoms with E-state index < -0.39 is 0 Å². The van der Waals surface area contributed by atoms with E-state index >= 15 is 0 Å². The van der Waals surface area contributed by atoms with Crippen molar-refractivity contribution >= 4 is 11.0 Å². The summed E-state index contributed by atoms with van der Waals surface area (Å²) >= 11 is 0. The molecule has 1 aromatic heterocycles. The van der Waals surface area contributed by atoms with Crippen LogP contribution in [0.5, 0.6) is 0 Å². The average Bonchev–Trinajstić information content (AvgIpc) is 2.70. The molecule has 1 aliphatic heterocycles. The number of piperidine rings is 1. The van der Waals surface area contributed by atoms with Gasteiger partial charge in [0.2, 0.25) is 0 Å². The van der Waals surface area contributed by atoms with Gasteiger partial charge in [-0.2, -0.15) is 0 Å². The largest absolute Gasteiger partial charge is 0.326 e. The molecule has 18 heavy (non-hydrogen) atoms. The van der Waals surface area contributed by atoms with E-state index in [-0.39, 0.29) is 5.69 Å². The maximum Gasteiger partial charge on any atom is 0.326 e. The third-order valence-electron chi connectivity index (χ3n) is 3.83. The van der Waals surface area contributed by atoms with E-state index in [1.165, 1.54) is 12.8 Å². The number of nitrogens with one attached hydrogen (secondary N) is 2. The molecule has 0 bridgehead atoms. The highest BCUT2D eigenvalue weighted by atomic mass is 16.1. The lowest BCUT2D eigenvalue weighted by atomic mass is 10.1. The molecule has 1 aliphatic rings. The smallest absolute Gasteiger partial charge is 0.312 e. The molecule has 3 rings (SSSR count). The Balaban J connectivity index is 1.98. The summed E-state index contributed by atoms with van der Waals surface area (Å²) < 4.78 is 1.87. The number of para-hydroxylation sites is 1. The van der Waals surface area contributed by atoms with Crippen molar-refractivity contribution in [2.75, 3.05) is 6.54 Å². The van der Waals surface area contributed by atoms with Crippen LogP contribution < -0.4 is 11.0 Å². The molecule has 1 fully saturated rings. The van der Waals surface area contributed by atoms with E-state index in [1.807, 2.05) is 29.7 Å². The number of fused-ring (bicyclic) bond motifs is 1. The van der Waals surface area contributed by atoms with Crippen molar-refractivity contribution in [3.8, 4) is 0 Å². The minimum absolute atomic E-state index is 0.00618. The van der Waals surface area contributed by atoms with Crippen LogP contribution in [0.4, 0.5) is 0 Å². The first kappa shape index (κ1) is 11.5. The van der Waals surface area contributed by atoms with E-state index in [0.717, 1.165) is 36.1 Å². The number of imidazole rings is 1. The first-order chi connectivity index (χ1) is 8.75. The second-order valence-electron chi connectivity index (χ2n) is 5.16. The quantitative estimate of drug-likeness (QED) is 0.847. The third kappa shape index (κ3) is 1.97. The van der Waals surface area contributed by atoms with Crippen LogP contribution in [-0.2, 0) is 6.54 Å². The van der Waals surface area contributed by atoms with Crippen molar-refractivity contribution in [3.05, 3.63) is 34.2 Å². The summed E-state index contributed by atoms with van der Waals surface area (Å²) in [5.74, 6) is 0. The zero-order chi connectivity index (χ0) is 12.5. The Hall–Kier alpha value is -1.55. The maximum atomic E-state index is 12.0. The fourth-order valence-corrected chi connectivity index (χ4v) is 2.81. The van der Waals surface area contributed by atoms with Crippen molar-refractivity contribution in [1.82, 2.24) is 14.9 Å². The van der Waals surface area contributed by atoms with Crippen LogP contribution >= 0.6 is 0 Å². The highest BCUT2D eigenvalue weighted by molar-refractivity contribution is 5.78. The van der Waals surface area contributed by atoms with Gasteiger partial charge in [-0.05, 0) is 37.9 Å². The van der Waals surface area contributed by atoms with Crippen LogP contribution in [0.25, 0.3) is 11.0 Å². The second kappa shape index (κ2) is 4.61. The zero-order valence-corrected chi connectivity index (χ0v) is 10.7. The van der Waals surface area contributed by atoms with Gasteiger partial charge < -0.3 is 10.3 Å². The Labute approximate surface area is 106 Å². The number of hydrogen-bond acceptors (Lipinski definition) is 2. The van der Waals surface area contributed by atoms with Crippen LogP contribution in [-0.4, -0.2) is 22.1 Å². The van der Waals surface area contributed by atoms with Crippen molar-refractivity contribution in [2.45, 2.75) is 38.8 Å². The SMILES string of the molecule is Cc1cccc2c1[nH]c(=O)n2CC1CCCCN1. The minimum Gasteiger partial charge on any atom is -0.312 e. The monoisotopic (exact) mass is 245 g/mol.